The predicted octanol–water partition coefficient (Wildman–Crippen LogP) is 2.79. The first-order valence-corrected chi connectivity index (χ1v) is 7.30. The van der Waals surface area contributed by atoms with Gasteiger partial charge in [-0.1, -0.05) is 24.0 Å². The molecule has 2 aromatic rings. The minimum atomic E-state index is -0.100. The van der Waals surface area contributed by atoms with Gasteiger partial charge >= 0.3 is 0 Å². The maximum Gasteiger partial charge on any atom is 0.117 e. The molecule has 21 heavy (non-hydrogen) atoms. The van der Waals surface area contributed by atoms with Crippen LogP contribution >= 0.6 is 0 Å². The van der Waals surface area contributed by atoms with Crippen molar-refractivity contribution in [2.45, 2.75) is 32.0 Å². The molecule has 1 aromatic carbocycles. The van der Waals surface area contributed by atoms with E-state index in [1.165, 1.54) is 18.4 Å². The van der Waals surface area contributed by atoms with Gasteiger partial charge in [0.2, 0.25) is 0 Å². The highest BCUT2D eigenvalue weighted by Crippen LogP contribution is 2.30. The molecule has 1 saturated carbocycles. The molecule has 1 heterocycles. The zero-order chi connectivity index (χ0) is 14.5. The minimum absolute atomic E-state index is 0.100. The second-order valence-corrected chi connectivity index (χ2v) is 5.38. The number of hydrogen-bond acceptors (Lipinski definition) is 3. The van der Waals surface area contributed by atoms with Gasteiger partial charge in [0.1, 0.15) is 12.4 Å². The summed E-state index contributed by atoms with van der Waals surface area (Å²) in [5.74, 6) is 6.67. The Balaban J connectivity index is 1.70. The molecule has 1 aromatic heterocycles. The van der Waals surface area contributed by atoms with Crippen molar-refractivity contribution in [1.29, 1.82) is 0 Å². The number of aliphatic hydroxyl groups is 1. The van der Waals surface area contributed by atoms with Gasteiger partial charge in [0.15, 0.2) is 0 Å². The summed E-state index contributed by atoms with van der Waals surface area (Å²) in [5.41, 5.74) is 2.20. The van der Waals surface area contributed by atoms with Gasteiger partial charge < -0.3 is 9.52 Å². The van der Waals surface area contributed by atoms with Gasteiger partial charge in [-0.2, -0.15) is 0 Å². The van der Waals surface area contributed by atoms with Crippen LogP contribution in [-0.2, 0) is 13.1 Å². The molecule has 1 aliphatic carbocycles. The smallest absolute Gasteiger partial charge is 0.117 e. The van der Waals surface area contributed by atoms with E-state index in [0.29, 0.717) is 6.04 Å². The number of aliphatic hydroxyl groups excluding tert-OH is 1. The lowest BCUT2D eigenvalue weighted by Gasteiger charge is -2.21. The summed E-state index contributed by atoms with van der Waals surface area (Å²) < 4.78 is 5.46. The zero-order valence-corrected chi connectivity index (χ0v) is 12.0. The van der Waals surface area contributed by atoms with Crippen molar-refractivity contribution in [2.75, 3.05) is 6.61 Å². The third-order valence-corrected chi connectivity index (χ3v) is 3.63. The Bertz CT molecular complexity index is 633. The molecule has 0 bridgehead atoms. The van der Waals surface area contributed by atoms with Gasteiger partial charge in [0, 0.05) is 18.2 Å². The molecule has 3 nitrogen and oxygen atoms in total. The number of furan rings is 1. The number of benzene rings is 1. The first-order chi connectivity index (χ1) is 10.3. The Hall–Kier alpha value is -2.02. The Labute approximate surface area is 125 Å². The van der Waals surface area contributed by atoms with E-state index in [1.54, 1.807) is 6.26 Å². The largest absolute Gasteiger partial charge is 0.468 e. The highest BCUT2D eigenvalue weighted by Gasteiger charge is 2.29. The van der Waals surface area contributed by atoms with Crippen molar-refractivity contribution in [3.63, 3.8) is 0 Å². The van der Waals surface area contributed by atoms with E-state index in [4.69, 9.17) is 9.52 Å². The lowest BCUT2D eigenvalue weighted by atomic mass is 10.1. The van der Waals surface area contributed by atoms with E-state index in [1.807, 2.05) is 24.3 Å². The average Bonchev–Trinajstić information content (AvgIpc) is 3.23. The van der Waals surface area contributed by atoms with Crippen molar-refractivity contribution >= 4 is 0 Å². The molecule has 0 saturated heterocycles. The van der Waals surface area contributed by atoms with Gasteiger partial charge in [-0.3, -0.25) is 4.90 Å². The van der Waals surface area contributed by atoms with E-state index in [-0.39, 0.29) is 6.61 Å². The number of hydrogen-bond donors (Lipinski definition) is 1. The van der Waals surface area contributed by atoms with Crippen LogP contribution in [0.5, 0.6) is 0 Å². The lowest BCUT2D eigenvalue weighted by Crippen LogP contribution is -2.24. The Morgan fingerprint density at radius 1 is 1.19 bits per heavy atom. The van der Waals surface area contributed by atoms with Crippen molar-refractivity contribution in [1.82, 2.24) is 4.90 Å². The summed E-state index contributed by atoms with van der Waals surface area (Å²) in [6.07, 6.45) is 4.26. The summed E-state index contributed by atoms with van der Waals surface area (Å²) in [4.78, 5) is 2.46. The molecule has 1 fully saturated rings. The van der Waals surface area contributed by atoms with Gasteiger partial charge in [0.25, 0.3) is 0 Å². The molecule has 0 spiro atoms. The molecule has 3 heteroatoms. The molecular weight excluding hydrogens is 262 g/mol. The van der Waals surface area contributed by atoms with Crippen LogP contribution in [0, 0.1) is 11.8 Å². The summed E-state index contributed by atoms with van der Waals surface area (Å²) in [6, 6.07) is 12.9. The molecule has 0 unspecified atom stereocenters. The van der Waals surface area contributed by atoms with Crippen LogP contribution < -0.4 is 0 Å². The lowest BCUT2D eigenvalue weighted by molar-refractivity contribution is 0.225. The van der Waals surface area contributed by atoms with Crippen molar-refractivity contribution in [3.05, 3.63) is 59.5 Å². The quantitative estimate of drug-likeness (QED) is 0.856. The maximum atomic E-state index is 8.77. The fourth-order valence-corrected chi connectivity index (χ4v) is 2.48. The normalized spacial score (nSPS) is 14.0. The van der Waals surface area contributed by atoms with E-state index in [2.05, 4.69) is 28.9 Å². The highest BCUT2D eigenvalue weighted by atomic mass is 16.3. The molecule has 1 aliphatic rings. The summed E-state index contributed by atoms with van der Waals surface area (Å²) in [5, 5.41) is 8.77. The Morgan fingerprint density at radius 3 is 2.81 bits per heavy atom. The number of nitrogens with zero attached hydrogens (tertiary/aromatic N) is 1. The number of rotatable bonds is 5. The summed E-state index contributed by atoms with van der Waals surface area (Å²) in [7, 11) is 0. The Kier molecular flexibility index (Phi) is 4.40. The molecule has 108 valence electrons. The van der Waals surface area contributed by atoms with Gasteiger partial charge in [-0.15, -0.1) is 0 Å². The first-order valence-electron chi connectivity index (χ1n) is 7.30. The maximum absolute atomic E-state index is 8.77. The van der Waals surface area contributed by atoms with Gasteiger partial charge in [-0.25, -0.2) is 0 Å². The van der Waals surface area contributed by atoms with Crippen molar-refractivity contribution in [3.8, 4) is 11.8 Å². The van der Waals surface area contributed by atoms with Crippen LogP contribution in [0.25, 0.3) is 0 Å². The van der Waals surface area contributed by atoms with E-state index in [0.717, 1.165) is 24.4 Å². The third kappa shape index (κ3) is 3.98. The van der Waals surface area contributed by atoms with Crippen molar-refractivity contribution < 1.29 is 9.52 Å². The Morgan fingerprint density at radius 2 is 2.10 bits per heavy atom. The third-order valence-electron chi connectivity index (χ3n) is 3.63. The molecule has 0 radical (unpaired) electrons. The van der Waals surface area contributed by atoms with Crippen molar-refractivity contribution in [2.24, 2.45) is 0 Å². The fraction of sp³-hybridized carbons (Fsp3) is 0.333. The monoisotopic (exact) mass is 281 g/mol. The summed E-state index contributed by atoms with van der Waals surface area (Å²) >= 11 is 0. The molecular formula is C18H19NO2. The van der Waals surface area contributed by atoms with Crippen LogP contribution in [0.15, 0.2) is 47.1 Å². The fourth-order valence-electron chi connectivity index (χ4n) is 2.48. The van der Waals surface area contributed by atoms with Crippen LogP contribution in [0.1, 0.15) is 29.7 Å². The van der Waals surface area contributed by atoms with Gasteiger partial charge in [-0.05, 0) is 42.7 Å². The first kappa shape index (κ1) is 13.9. The average molecular weight is 281 g/mol. The van der Waals surface area contributed by atoms with Crippen LogP contribution in [0.2, 0.25) is 0 Å². The van der Waals surface area contributed by atoms with E-state index >= 15 is 0 Å². The molecule has 0 amide bonds. The second kappa shape index (κ2) is 6.62. The highest BCUT2D eigenvalue weighted by molar-refractivity contribution is 5.37. The minimum Gasteiger partial charge on any atom is -0.468 e. The second-order valence-electron chi connectivity index (χ2n) is 5.38. The van der Waals surface area contributed by atoms with E-state index < -0.39 is 0 Å². The molecule has 3 rings (SSSR count). The standard InChI is InChI=1S/C18H19NO2/c20-10-2-6-15-4-1-5-16(12-15)13-19(17-8-9-17)14-18-7-3-11-21-18/h1,3-5,7,11-12,17,20H,8-10,13-14H2. The summed E-state index contributed by atoms with van der Waals surface area (Å²) in [6.45, 7) is 1.65. The predicted molar refractivity (Wildman–Crippen MR) is 81.4 cm³/mol. The van der Waals surface area contributed by atoms with Crippen LogP contribution in [0.3, 0.4) is 0 Å². The molecule has 1 N–H and O–H groups in total. The van der Waals surface area contributed by atoms with Gasteiger partial charge in [0.05, 0.1) is 12.8 Å². The van der Waals surface area contributed by atoms with Crippen LogP contribution in [0.4, 0.5) is 0 Å². The zero-order valence-electron chi connectivity index (χ0n) is 12.0. The molecule has 0 atom stereocenters. The van der Waals surface area contributed by atoms with Crippen LogP contribution in [-0.4, -0.2) is 22.7 Å². The topological polar surface area (TPSA) is 36.6 Å². The molecule has 0 aliphatic heterocycles. The van der Waals surface area contributed by atoms with E-state index in [9.17, 15) is 0 Å². The SMILES string of the molecule is OCC#Cc1cccc(CN(Cc2ccco2)C2CC2)c1.